The van der Waals surface area contributed by atoms with E-state index < -0.39 is 0 Å². The number of rotatable bonds is 11. The third-order valence-corrected chi connectivity index (χ3v) is 6.99. The standard InChI is InChI=1S/C25H47NO3/c1-23(2,3)15-20-13-21(14-20)28-11-7-9-27-10-8-12-29-22-16-25(17-22)18-26(19-25)24(4,5)6/h20-22H,7-19H2,1-6H3. The van der Waals surface area contributed by atoms with Crippen molar-refractivity contribution >= 4 is 0 Å². The Labute approximate surface area is 180 Å². The molecule has 0 N–H and O–H groups in total. The van der Waals surface area contributed by atoms with Crippen LogP contribution in [-0.2, 0) is 14.2 Å². The van der Waals surface area contributed by atoms with E-state index in [1.165, 1.54) is 45.2 Å². The second-order valence-electron chi connectivity index (χ2n) is 12.3. The van der Waals surface area contributed by atoms with Crippen LogP contribution in [-0.4, -0.2) is 62.2 Å². The Balaban J connectivity index is 1.06. The predicted octanol–water partition coefficient (Wildman–Crippen LogP) is 5.29. The topological polar surface area (TPSA) is 30.9 Å². The van der Waals surface area contributed by atoms with Gasteiger partial charge in [0.05, 0.1) is 12.2 Å². The van der Waals surface area contributed by atoms with Crippen LogP contribution in [0.15, 0.2) is 0 Å². The Hall–Kier alpha value is -0.160. The molecule has 3 aliphatic rings. The van der Waals surface area contributed by atoms with Crippen LogP contribution in [0.1, 0.15) is 86.5 Å². The zero-order chi connectivity index (χ0) is 21.1. The molecule has 0 aromatic heterocycles. The fourth-order valence-corrected chi connectivity index (χ4v) is 5.29. The van der Waals surface area contributed by atoms with E-state index in [4.69, 9.17) is 14.2 Å². The molecular weight excluding hydrogens is 362 g/mol. The number of likely N-dealkylation sites (tertiary alicyclic amines) is 1. The molecule has 0 unspecified atom stereocenters. The Morgan fingerprint density at radius 3 is 1.86 bits per heavy atom. The monoisotopic (exact) mass is 409 g/mol. The lowest BCUT2D eigenvalue weighted by atomic mass is 9.61. The molecule has 4 heteroatoms. The molecule has 3 rings (SSSR count). The summed E-state index contributed by atoms with van der Waals surface area (Å²) in [4.78, 5) is 2.59. The molecule has 2 saturated carbocycles. The smallest absolute Gasteiger partial charge is 0.0587 e. The zero-order valence-electron chi connectivity index (χ0n) is 20.1. The Morgan fingerprint density at radius 1 is 0.793 bits per heavy atom. The normalized spacial score (nSPS) is 27.5. The molecule has 29 heavy (non-hydrogen) atoms. The van der Waals surface area contributed by atoms with Gasteiger partial charge in [0.25, 0.3) is 0 Å². The molecule has 1 aliphatic heterocycles. The molecular formula is C25H47NO3. The summed E-state index contributed by atoms with van der Waals surface area (Å²) in [6.07, 6.45) is 9.38. The van der Waals surface area contributed by atoms with E-state index in [1.54, 1.807) is 0 Å². The summed E-state index contributed by atoms with van der Waals surface area (Å²) in [7, 11) is 0. The number of hydrogen-bond acceptors (Lipinski definition) is 4. The van der Waals surface area contributed by atoms with Gasteiger partial charge in [-0.1, -0.05) is 20.8 Å². The summed E-state index contributed by atoms with van der Waals surface area (Å²) in [5.41, 5.74) is 1.37. The SMILES string of the molecule is CC(C)(C)CC1CC(OCCCOCCCOC2CC3(C2)CN(C(C)(C)C)C3)C1. The first-order chi connectivity index (χ1) is 13.5. The third kappa shape index (κ3) is 7.19. The Morgan fingerprint density at radius 2 is 1.34 bits per heavy atom. The molecule has 4 nitrogen and oxygen atoms in total. The van der Waals surface area contributed by atoms with Crippen LogP contribution < -0.4 is 0 Å². The average molecular weight is 410 g/mol. The van der Waals surface area contributed by atoms with Crippen LogP contribution in [0.25, 0.3) is 0 Å². The summed E-state index contributed by atoms with van der Waals surface area (Å²) in [5.74, 6) is 0.878. The summed E-state index contributed by atoms with van der Waals surface area (Å²) < 4.78 is 17.7. The molecule has 3 fully saturated rings. The van der Waals surface area contributed by atoms with Crippen molar-refractivity contribution in [3.63, 3.8) is 0 Å². The number of ether oxygens (including phenoxy) is 3. The highest BCUT2D eigenvalue weighted by atomic mass is 16.5. The van der Waals surface area contributed by atoms with Crippen LogP contribution >= 0.6 is 0 Å². The van der Waals surface area contributed by atoms with Gasteiger partial charge in [0.15, 0.2) is 0 Å². The number of nitrogens with zero attached hydrogens (tertiary/aromatic N) is 1. The summed E-state index contributed by atoms with van der Waals surface area (Å²) in [6, 6.07) is 0. The fraction of sp³-hybridized carbons (Fsp3) is 1.00. The van der Waals surface area contributed by atoms with Gasteiger partial charge in [-0.05, 0) is 77.0 Å². The van der Waals surface area contributed by atoms with Crippen molar-refractivity contribution in [1.82, 2.24) is 4.90 Å². The van der Waals surface area contributed by atoms with E-state index in [0.29, 0.717) is 28.6 Å². The first-order valence-corrected chi connectivity index (χ1v) is 12.1. The molecule has 1 heterocycles. The van der Waals surface area contributed by atoms with E-state index in [2.05, 4.69) is 46.4 Å². The first-order valence-electron chi connectivity index (χ1n) is 12.1. The fourth-order valence-electron chi connectivity index (χ4n) is 5.29. The molecule has 0 aromatic rings. The second kappa shape index (κ2) is 9.54. The van der Waals surface area contributed by atoms with Crippen molar-refractivity contribution in [1.29, 1.82) is 0 Å². The van der Waals surface area contributed by atoms with Crippen molar-refractivity contribution < 1.29 is 14.2 Å². The summed E-state index contributed by atoms with van der Waals surface area (Å²) >= 11 is 0. The zero-order valence-corrected chi connectivity index (χ0v) is 20.1. The molecule has 1 saturated heterocycles. The van der Waals surface area contributed by atoms with Crippen LogP contribution in [0, 0.1) is 16.7 Å². The number of hydrogen-bond donors (Lipinski definition) is 0. The van der Waals surface area contributed by atoms with E-state index in [-0.39, 0.29) is 0 Å². The maximum atomic E-state index is 6.03. The minimum absolute atomic E-state index is 0.326. The van der Waals surface area contributed by atoms with Gasteiger partial charge in [0.2, 0.25) is 0 Å². The van der Waals surface area contributed by atoms with Gasteiger partial charge < -0.3 is 14.2 Å². The maximum absolute atomic E-state index is 6.03. The lowest BCUT2D eigenvalue weighted by Crippen LogP contribution is -2.68. The molecule has 0 amide bonds. The molecule has 0 atom stereocenters. The quantitative estimate of drug-likeness (QED) is 0.434. The predicted molar refractivity (Wildman–Crippen MR) is 119 cm³/mol. The first kappa shape index (κ1) is 23.5. The highest BCUT2D eigenvalue weighted by molar-refractivity contribution is 5.07. The van der Waals surface area contributed by atoms with Gasteiger partial charge in [-0.2, -0.15) is 0 Å². The van der Waals surface area contributed by atoms with E-state index in [0.717, 1.165) is 45.2 Å². The molecule has 0 radical (unpaired) electrons. The highest BCUT2D eigenvalue weighted by Gasteiger charge is 2.54. The van der Waals surface area contributed by atoms with Crippen molar-refractivity contribution in [2.45, 2.75) is 104 Å². The average Bonchev–Trinajstić information content (AvgIpc) is 2.47. The minimum atomic E-state index is 0.326. The Bertz CT molecular complexity index is 487. The van der Waals surface area contributed by atoms with E-state index in [9.17, 15) is 0 Å². The third-order valence-electron chi connectivity index (χ3n) is 6.99. The molecule has 170 valence electrons. The van der Waals surface area contributed by atoms with Gasteiger partial charge >= 0.3 is 0 Å². The molecule has 2 aliphatic carbocycles. The lowest BCUT2D eigenvalue weighted by Gasteiger charge is -2.62. The largest absolute Gasteiger partial charge is 0.381 e. The lowest BCUT2D eigenvalue weighted by molar-refractivity contribution is -0.172. The van der Waals surface area contributed by atoms with Crippen LogP contribution in [0.2, 0.25) is 0 Å². The van der Waals surface area contributed by atoms with Gasteiger partial charge in [-0.15, -0.1) is 0 Å². The molecule has 1 spiro atoms. The van der Waals surface area contributed by atoms with Crippen LogP contribution in [0.4, 0.5) is 0 Å². The van der Waals surface area contributed by atoms with Gasteiger partial charge in [-0.25, -0.2) is 0 Å². The highest BCUT2D eigenvalue weighted by Crippen LogP contribution is 2.51. The minimum Gasteiger partial charge on any atom is -0.381 e. The van der Waals surface area contributed by atoms with Gasteiger partial charge in [0, 0.05) is 50.5 Å². The summed E-state index contributed by atoms with van der Waals surface area (Å²) in [5, 5.41) is 0. The van der Waals surface area contributed by atoms with E-state index >= 15 is 0 Å². The van der Waals surface area contributed by atoms with Crippen molar-refractivity contribution in [3.8, 4) is 0 Å². The van der Waals surface area contributed by atoms with Crippen LogP contribution in [0.3, 0.4) is 0 Å². The second-order valence-corrected chi connectivity index (χ2v) is 12.3. The van der Waals surface area contributed by atoms with Crippen LogP contribution in [0.5, 0.6) is 0 Å². The maximum Gasteiger partial charge on any atom is 0.0587 e. The van der Waals surface area contributed by atoms with Gasteiger partial charge in [-0.3, -0.25) is 4.90 Å². The van der Waals surface area contributed by atoms with Crippen molar-refractivity contribution in [2.75, 3.05) is 39.5 Å². The van der Waals surface area contributed by atoms with E-state index in [1.807, 2.05) is 0 Å². The van der Waals surface area contributed by atoms with Crippen molar-refractivity contribution in [2.24, 2.45) is 16.7 Å². The molecule has 0 aromatic carbocycles. The molecule has 0 bridgehead atoms. The van der Waals surface area contributed by atoms with Crippen molar-refractivity contribution in [3.05, 3.63) is 0 Å². The summed E-state index contributed by atoms with van der Waals surface area (Å²) in [6.45, 7) is 19.8. The Kier molecular flexibility index (Phi) is 7.73. The van der Waals surface area contributed by atoms with Gasteiger partial charge in [0.1, 0.15) is 0 Å².